The number of rotatable bonds is 0. The quantitative estimate of drug-likeness (QED) is 0.526. The van der Waals surface area contributed by atoms with E-state index < -0.39 is 0 Å². The van der Waals surface area contributed by atoms with Gasteiger partial charge < -0.3 is 0 Å². The Bertz CT molecular complexity index is 327. The number of benzene rings is 1. The Morgan fingerprint density at radius 3 is 3.18 bits per heavy atom. The third kappa shape index (κ3) is 0.681. The number of aliphatic imine (C=N–C) groups is 1. The summed E-state index contributed by atoms with van der Waals surface area (Å²) in [5.74, 6) is 0.760. The fourth-order valence-corrected chi connectivity index (χ4v) is 1.82. The van der Waals surface area contributed by atoms with Gasteiger partial charge in [0.2, 0.25) is 0 Å². The molecule has 1 aliphatic heterocycles. The molecule has 1 aromatic carbocycles. The standard InChI is InChI=1S/C10H9N/c1-2-4-8-7(3-1)6-11-10-5-9(8)10/h1-4,6,9-10H,5H2/t9-,10?/m1/s1. The van der Waals surface area contributed by atoms with E-state index in [1.54, 1.807) is 0 Å². The Hall–Kier alpha value is -1.11. The molecule has 1 fully saturated rings. The minimum absolute atomic E-state index is 0.630. The van der Waals surface area contributed by atoms with Crippen molar-refractivity contribution in [2.75, 3.05) is 0 Å². The normalized spacial score (nSPS) is 30.9. The lowest BCUT2D eigenvalue weighted by Gasteiger charge is -2.07. The zero-order valence-electron chi connectivity index (χ0n) is 6.20. The topological polar surface area (TPSA) is 12.4 Å². The summed E-state index contributed by atoms with van der Waals surface area (Å²) < 4.78 is 0. The lowest BCUT2D eigenvalue weighted by atomic mass is 10.0. The van der Waals surface area contributed by atoms with Gasteiger partial charge in [-0.3, -0.25) is 4.99 Å². The second kappa shape index (κ2) is 1.73. The molecule has 11 heavy (non-hydrogen) atoms. The molecular formula is C10H9N. The van der Waals surface area contributed by atoms with E-state index in [2.05, 4.69) is 29.3 Å². The first-order valence-electron chi connectivity index (χ1n) is 4.07. The smallest absolute Gasteiger partial charge is 0.0575 e. The highest BCUT2D eigenvalue weighted by Gasteiger charge is 2.40. The number of nitrogens with zero attached hydrogens (tertiary/aromatic N) is 1. The van der Waals surface area contributed by atoms with Crippen LogP contribution in [0.1, 0.15) is 23.5 Å². The van der Waals surface area contributed by atoms with Gasteiger partial charge in [0.1, 0.15) is 0 Å². The fourth-order valence-electron chi connectivity index (χ4n) is 1.82. The van der Waals surface area contributed by atoms with Crippen LogP contribution >= 0.6 is 0 Å². The van der Waals surface area contributed by atoms with E-state index in [-0.39, 0.29) is 0 Å². The van der Waals surface area contributed by atoms with Gasteiger partial charge in [0.05, 0.1) is 6.04 Å². The third-order valence-corrected chi connectivity index (χ3v) is 2.56. The van der Waals surface area contributed by atoms with Gasteiger partial charge in [-0.1, -0.05) is 24.3 Å². The molecule has 0 N–H and O–H groups in total. The highest BCUT2D eigenvalue weighted by atomic mass is 14.9. The van der Waals surface area contributed by atoms with Gasteiger partial charge >= 0.3 is 0 Å². The van der Waals surface area contributed by atoms with E-state index >= 15 is 0 Å². The molecule has 0 spiro atoms. The molecule has 1 unspecified atom stereocenters. The predicted octanol–water partition coefficient (Wildman–Crippen LogP) is 1.98. The minimum Gasteiger partial charge on any atom is -0.289 e. The zero-order chi connectivity index (χ0) is 7.26. The van der Waals surface area contributed by atoms with Gasteiger partial charge in [-0.15, -0.1) is 0 Å². The lowest BCUT2D eigenvalue weighted by Crippen LogP contribution is -1.98. The number of hydrogen-bond donors (Lipinski definition) is 0. The van der Waals surface area contributed by atoms with Crippen molar-refractivity contribution in [3.8, 4) is 0 Å². The molecule has 2 aliphatic rings. The maximum atomic E-state index is 4.42. The highest BCUT2D eigenvalue weighted by molar-refractivity contribution is 5.84. The van der Waals surface area contributed by atoms with Crippen LogP contribution in [0.4, 0.5) is 0 Å². The van der Waals surface area contributed by atoms with Gasteiger partial charge in [0, 0.05) is 12.1 Å². The van der Waals surface area contributed by atoms with Gasteiger partial charge in [-0.05, 0) is 17.5 Å². The van der Waals surface area contributed by atoms with Crippen LogP contribution in [0.3, 0.4) is 0 Å². The Labute approximate surface area is 65.8 Å². The van der Waals surface area contributed by atoms with Crippen LogP contribution in [0.15, 0.2) is 29.3 Å². The SMILES string of the molecule is C1=NC2C[C@@H]2c2ccccc21. The van der Waals surface area contributed by atoms with Crippen LogP contribution < -0.4 is 0 Å². The maximum absolute atomic E-state index is 4.42. The Balaban J connectivity index is 2.24. The van der Waals surface area contributed by atoms with E-state index in [9.17, 15) is 0 Å². The second-order valence-corrected chi connectivity index (χ2v) is 3.32. The summed E-state index contributed by atoms with van der Waals surface area (Å²) in [7, 11) is 0. The molecule has 1 aliphatic carbocycles. The first kappa shape index (κ1) is 5.53. The van der Waals surface area contributed by atoms with Crippen molar-refractivity contribution in [3.05, 3.63) is 35.4 Å². The molecule has 1 heteroatoms. The number of fused-ring (bicyclic) bond motifs is 3. The van der Waals surface area contributed by atoms with Crippen molar-refractivity contribution in [2.45, 2.75) is 18.4 Å². The third-order valence-electron chi connectivity index (χ3n) is 2.56. The fraction of sp³-hybridized carbons (Fsp3) is 0.300. The molecule has 0 saturated heterocycles. The van der Waals surface area contributed by atoms with Gasteiger partial charge in [-0.2, -0.15) is 0 Å². The molecule has 0 amide bonds. The number of hydrogen-bond acceptors (Lipinski definition) is 1. The maximum Gasteiger partial charge on any atom is 0.0575 e. The first-order valence-corrected chi connectivity index (χ1v) is 4.07. The largest absolute Gasteiger partial charge is 0.289 e. The van der Waals surface area contributed by atoms with Crippen molar-refractivity contribution in [1.82, 2.24) is 0 Å². The van der Waals surface area contributed by atoms with Crippen molar-refractivity contribution in [1.29, 1.82) is 0 Å². The van der Waals surface area contributed by atoms with Crippen molar-refractivity contribution in [2.24, 2.45) is 4.99 Å². The first-order chi connectivity index (χ1) is 5.45. The second-order valence-electron chi connectivity index (χ2n) is 3.32. The van der Waals surface area contributed by atoms with E-state index in [1.165, 1.54) is 17.5 Å². The molecule has 0 bridgehead atoms. The van der Waals surface area contributed by atoms with Gasteiger partial charge in [-0.25, -0.2) is 0 Å². The van der Waals surface area contributed by atoms with Gasteiger partial charge in [0.25, 0.3) is 0 Å². The van der Waals surface area contributed by atoms with Crippen LogP contribution in [0.25, 0.3) is 0 Å². The zero-order valence-corrected chi connectivity index (χ0v) is 6.20. The van der Waals surface area contributed by atoms with Crippen molar-refractivity contribution in [3.63, 3.8) is 0 Å². The van der Waals surface area contributed by atoms with Crippen LogP contribution in [0.2, 0.25) is 0 Å². The molecule has 3 rings (SSSR count). The summed E-state index contributed by atoms with van der Waals surface area (Å²) in [4.78, 5) is 4.42. The Morgan fingerprint density at radius 2 is 2.18 bits per heavy atom. The Morgan fingerprint density at radius 1 is 1.27 bits per heavy atom. The average molecular weight is 143 g/mol. The molecule has 54 valence electrons. The van der Waals surface area contributed by atoms with Crippen LogP contribution in [-0.4, -0.2) is 12.3 Å². The molecule has 0 aromatic heterocycles. The van der Waals surface area contributed by atoms with E-state index in [0.29, 0.717) is 6.04 Å². The summed E-state index contributed by atoms with van der Waals surface area (Å²) in [6.07, 6.45) is 3.29. The van der Waals surface area contributed by atoms with Crippen LogP contribution in [-0.2, 0) is 0 Å². The summed E-state index contributed by atoms with van der Waals surface area (Å²) in [6.45, 7) is 0. The van der Waals surface area contributed by atoms with Gasteiger partial charge in [0.15, 0.2) is 0 Å². The molecule has 1 heterocycles. The molecule has 2 atom stereocenters. The molecular weight excluding hydrogens is 134 g/mol. The summed E-state index contributed by atoms with van der Waals surface area (Å²) >= 11 is 0. The summed E-state index contributed by atoms with van der Waals surface area (Å²) in [6, 6.07) is 9.20. The van der Waals surface area contributed by atoms with E-state index in [4.69, 9.17) is 0 Å². The summed E-state index contributed by atoms with van der Waals surface area (Å²) in [5.41, 5.74) is 2.83. The van der Waals surface area contributed by atoms with E-state index in [0.717, 1.165) is 5.92 Å². The average Bonchev–Trinajstić information content (AvgIpc) is 2.83. The minimum atomic E-state index is 0.630. The van der Waals surface area contributed by atoms with Crippen LogP contribution in [0.5, 0.6) is 0 Å². The molecule has 1 aromatic rings. The molecule has 0 radical (unpaired) electrons. The monoisotopic (exact) mass is 143 g/mol. The predicted molar refractivity (Wildman–Crippen MR) is 45.2 cm³/mol. The van der Waals surface area contributed by atoms with Crippen molar-refractivity contribution >= 4 is 6.21 Å². The van der Waals surface area contributed by atoms with E-state index in [1.807, 2.05) is 6.21 Å². The lowest BCUT2D eigenvalue weighted by molar-refractivity contribution is 0.974. The molecule has 1 saturated carbocycles. The van der Waals surface area contributed by atoms with Crippen LogP contribution in [0, 0.1) is 0 Å². The highest BCUT2D eigenvalue weighted by Crippen LogP contribution is 2.46. The van der Waals surface area contributed by atoms with Crippen molar-refractivity contribution < 1.29 is 0 Å². The summed E-state index contributed by atoms with van der Waals surface area (Å²) in [5, 5.41) is 0. The molecule has 1 nitrogen and oxygen atoms in total. The Kier molecular flexibility index (Phi) is 0.869.